The lowest BCUT2D eigenvalue weighted by molar-refractivity contribution is 0.369. The minimum Gasteiger partial charge on any atom is -0.492 e. The maximum Gasteiger partial charge on any atom is 0.202 e. The average molecular weight is 248 g/mol. The van der Waals surface area contributed by atoms with E-state index in [4.69, 9.17) is 17.3 Å². The Kier molecular flexibility index (Phi) is 2.80. The van der Waals surface area contributed by atoms with Crippen molar-refractivity contribution in [1.82, 2.24) is 0 Å². The lowest BCUT2D eigenvalue weighted by Gasteiger charge is -2.12. The Hall–Kier alpha value is -0.870. The Labute approximate surface area is 97.3 Å². The first-order chi connectivity index (χ1) is 7.47. The second kappa shape index (κ2) is 3.86. The van der Waals surface area contributed by atoms with E-state index in [2.05, 4.69) is 4.74 Å². The molecule has 0 bridgehead atoms. The summed E-state index contributed by atoms with van der Waals surface area (Å²) < 4.78 is 31.8. The molecule has 1 aliphatic rings. The Morgan fingerprint density at radius 3 is 2.56 bits per heavy atom. The van der Waals surface area contributed by atoms with E-state index in [9.17, 15) is 8.78 Å². The van der Waals surface area contributed by atoms with Crippen LogP contribution >= 0.6 is 11.6 Å². The Morgan fingerprint density at radius 1 is 1.44 bits per heavy atom. The molecule has 2 rings (SSSR count). The van der Waals surface area contributed by atoms with Crippen LogP contribution in [-0.4, -0.2) is 12.6 Å². The zero-order valence-corrected chi connectivity index (χ0v) is 9.57. The minimum atomic E-state index is -1.05. The first kappa shape index (κ1) is 11.6. The topological polar surface area (TPSA) is 35.2 Å². The molecule has 1 aromatic rings. The maximum absolute atomic E-state index is 13.6. The molecule has 0 aliphatic heterocycles. The summed E-state index contributed by atoms with van der Waals surface area (Å²) in [7, 11) is 1.24. The van der Waals surface area contributed by atoms with Crippen LogP contribution in [0.3, 0.4) is 0 Å². The fourth-order valence-electron chi connectivity index (χ4n) is 1.66. The predicted molar refractivity (Wildman–Crippen MR) is 57.8 cm³/mol. The van der Waals surface area contributed by atoms with Crippen molar-refractivity contribution >= 4 is 11.6 Å². The third kappa shape index (κ3) is 1.99. The number of hydrogen-bond donors (Lipinski definition) is 1. The molecular weight excluding hydrogens is 236 g/mol. The summed E-state index contributed by atoms with van der Waals surface area (Å²) in [6.07, 6.45) is 1.97. The van der Waals surface area contributed by atoms with Crippen LogP contribution in [0.25, 0.3) is 0 Å². The highest BCUT2D eigenvalue weighted by Gasteiger charge is 2.39. The smallest absolute Gasteiger partial charge is 0.202 e. The van der Waals surface area contributed by atoms with Crippen molar-refractivity contribution in [3.8, 4) is 5.75 Å². The van der Waals surface area contributed by atoms with Crippen LogP contribution in [0.2, 0.25) is 5.02 Å². The molecule has 0 atom stereocenters. The highest BCUT2D eigenvalue weighted by molar-refractivity contribution is 6.32. The highest BCUT2D eigenvalue weighted by Crippen LogP contribution is 2.39. The first-order valence-corrected chi connectivity index (χ1v) is 5.34. The van der Waals surface area contributed by atoms with Gasteiger partial charge in [-0.15, -0.1) is 0 Å². The second-order valence-electron chi connectivity index (χ2n) is 4.22. The molecule has 1 aliphatic carbocycles. The van der Waals surface area contributed by atoms with E-state index in [1.54, 1.807) is 0 Å². The van der Waals surface area contributed by atoms with Gasteiger partial charge in [-0.05, 0) is 30.9 Å². The van der Waals surface area contributed by atoms with E-state index in [1.807, 2.05) is 0 Å². The summed E-state index contributed by atoms with van der Waals surface area (Å²) in [6.45, 7) is 0. The first-order valence-electron chi connectivity index (χ1n) is 4.96. The van der Waals surface area contributed by atoms with Crippen LogP contribution in [-0.2, 0) is 6.42 Å². The molecule has 1 saturated carbocycles. The number of nitrogens with two attached hydrogens (primary N) is 1. The number of ether oxygens (including phenoxy) is 1. The zero-order valence-electron chi connectivity index (χ0n) is 8.82. The molecule has 88 valence electrons. The van der Waals surface area contributed by atoms with Crippen molar-refractivity contribution in [1.29, 1.82) is 0 Å². The Morgan fingerprint density at radius 2 is 2.06 bits per heavy atom. The Balaban J connectivity index is 2.39. The van der Waals surface area contributed by atoms with Gasteiger partial charge in [0.2, 0.25) is 5.82 Å². The predicted octanol–water partition coefficient (Wildman–Crippen LogP) is 2.66. The zero-order chi connectivity index (χ0) is 11.9. The summed E-state index contributed by atoms with van der Waals surface area (Å²) in [6, 6.07) is 1.38. The van der Waals surface area contributed by atoms with Gasteiger partial charge in [0.05, 0.1) is 12.1 Å². The molecule has 5 heteroatoms. The van der Waals surface area contributed by atoms with Gasteiger partial charge in [0, 0.05) is 5.54 Å². The van der Waals surface area contributed by atoms with Gasteiger partial charge in [0.1, 0.15) is 0 Å². The van der Waals surface area contributed by atoms with E-state index < -0.39 is 11.6 Å². The largest absolute Gasteiger partial charge is 0.492 e. The van der Waals surface area contributed by atoms with E-state index >= 15 is 0 Å². The van der Waals surface area contributed by atoms with Crippen LogP contribution in [0.15, 0.2) is 6.07 Å². The molecular formula is C11H12ClF2NO. The molecule has 0 saturated heterocycles. The van der Waals surface area contributed by atoms with Gasteiger partial charge in [-0.25, -0.2) is 4.39 Å². The number of benzene rings is 1. The van der Waals surface area contributed by atoms with Crippen LogP contribution in [0, 0.1) is 11.6 Å². The van der Waals surface area contributed by atoms with Gasteiger partial charge in [0.15, 0.2) is 11.6 Å². The molecule has 0 heterocycles. The maximum atomic E-state index is 13.6. The summed E-state index contributed by atoms with van der Waals surface area (Å²) in [5.74, 6) is -2.22. The lowest BCUT2D eigenvalue weighted by atomic mass is 10.0. The third-order valence-corrected chi connectivity index (χ3v) is 3.11. The number of rotatable bonds is 3. The highest BCUT2D eigenvalue weighted by atomic mass is 35.5. The molecule has 2 N–H and O–H groups in total. The fraction of sp³-hybridized carbons (Fsp3) is 0.455. The van der Waals surface area contributed by atoms with E-state index in [0.29, 0.717) is 6.42 Å². The third-order valence-electron chi connectivity index (χ3n) is 2.83. The molecule has 0 radical (unpaired) electrons. The SMILES string of the molecule is COc1c(Cl)cc(CC2(N)CC2)c(F)c1F. The van der Waals surface area contributed by atoms with Gasteiger partial charge in [-0.2, -0.15) is 4.39 Å². The van der Waals surface area contributed by atoms with E-state index in [0.717, 1.165) is 12.8 Å². The van der Waals surface area contributed by atoms with Gasteiger partial charge in [-0.1, -0.05) is 11.6 Å². The second-order valence-corrected chi connectivity index (χ2v) is 4.63. The Bertz CT molecular complexity index is 432. The normalized spacial score (nSPS) is 17.3. The van der Waals surface area contributed by atoms with Crippen molar-refractivity contribution in [2.45, 2.75) is 24.8 Å². The van der Waals surface area contributed by atoms with Crippen LogP contribution < -0.4 is 10.5 Å². The molecule has 0 amide bonds. The molecule has 0 aromatic heterocycles. The molecule has 0 unspecified atom stereocenters. The van der Waals surface area contributed by atoms with Gasteiger partial charge < -0.3 is 10.5 Å². The van der Waals surface area contributed by atoms with E-state index in [1.165, 1.54) is 13.2 Å². The minimum absolute atomic E-state index is 0.0700. The quantitative estimate of drug-likeness (QED) is 0.834. The number of hydrogen-bond acceptors (Lipinski definition) is 2. The molecule has 2 nitrogen and oxygen atoms in total. The van der Waals surface area contributed by atoms with Crippen molar-refractivity contribution in [3.05, 3.63) is 28.3 Å². The van der Waals surface area contributed by atoms with Crippen molar-refractivity contribution < 1.29 is 13.5 Å². The summed E-state index contributed by atoms with van der Waals surface area (Å²) in [5, 5.41) is 0.0700. The molecule has 16 heavy (non-hydrogen) atoms. The van der Waals surface area contributed by atoms with Crippen LogP contribution in [0.4, 0.5) is 8.78 Å². The monoisotopic (exact) mass is 247 g/mol. The van der Waals surface area contributed by atoms with Crippen molar-refractivity contribution in [2.75, 3.05) is 7.11 Å². The lowest BCUT2D eigenvalue weighted by Crippen LogP contribution is -2.25. The van der Waals surface area contributed by atoms with Gasteiger partial charge >= 0.3 is 0 Å². The van der Waals surface area contributed by atoms with Crippen LogP contribution in [0.5, 0.6) is 5.75 Å². The van der Waals surface area contributed by atoms with Gasteiger partial charge in [0.25, 0.3) is 0 Å². The molecule has 1 fully saturated rings. The number of halogens is 3. The van der Waals surface area contributed by atoms with Crippen molar-refractivity contribution in [2.24, 2.45) is 5.73 Å². The standard InChI is InChI=1S/C11H12ClF2NO/c1-16-10-7(12)4-6(8(13)9(10)14)5-11(15)2-3-11/h4H,2-3,5,15H2,1H3. The van der Waals surface area contributed by atoms with E-state index in [-0.39, 0.29) is 21.9 Å². The van der Waals surface area contributed by atoms with Crippen molar-refractivity contribution in [3.63, 3.8) is 0 Å². The fourth-order valence-corrected chi connectivity index (χ4v) is 1.95. The summed E-state index contributed by atoms with van der Waals surface area (Å²) >= 11 is 5.78. The van der Waals surface area contributed by atoms with Crippen LogP contribution in [0.1, 0.15) is 18.4 Å². The average Bonchev–Trinajstić information content (AvgIpc) is 2.93. The molecule has 0 spiro atoms. The molecule has 1 aromatic carbocycles. The van der Waals surface area contributed by atoms with Gasteiger partial charge in [-0.3, -0.25) is 0 Å². The number of methoxy groups -OCH3 is 1. The summed E-state index contributed by atoms with van der Waals surface area (Å²) in [4.78, 5) is 0. The summed E-state index contributed by atoms with van der Waals surface area (Å²) in [5.41, 5.74) is 5.68.